The zero-order valence-electron chi connectivity index (χ0n) is 5.41. The first kappa shape index (κ1) is 7.08. The number of amides is 1. The van der Waals surface area contributed by atoms with Crippen LogP contribution in [0.15, 0.2) is 12.7 Å². The Balaban J connectivity index is 2.43. The summed E-state index contributed by atoms with van der Waals surface area (Å²) >= 11 is 0. The van der Waals surface area contributed by atoms with Crippen molar-refractivity contribution in [2.24, 2.45) is 0 Å². The first-order valence-electron chi connectivity index (χ1n) is 2.98. The van der Waals surface area contributed by atoms with Crippen LogP contribution in [0, 0.1) is 0 Å². The zero-order chi connectivity index (χ0) is 7.56. The van der Waals surface area contributed by atoms with Crippen molar-refractivity contribution >= 4 is 6.09 Å². The average molecular weight is 143 g/mol. The second kappa shape index (κ2) is 2.70. The van der Waals surface area contributed by atoms with Crippen LogP contribution in [-0.4, -0.2) is 30.0 Å². The lowest BCUT2D eigenvalue weighted by molar-refractivity contribution is 0.157. The summed E-state index contributed by atoms with van der Waals surface area (Å²) in [7, 11) is 0. The normalized spacial score (nSPS) is 26.9. The maximum Gasteiger partial charge on any atom is 0.407 e. The number of aliphatic hydroxyl groups is 1. The molecule has 1 heterocycles. The minimum absolute atomic E-state index is 0.214. The summed E-state index contributed by atoms with van der Waals surface area (Å²) in [4.78, 5) is 10.4. The Morgan fingerprint density at radius 2 is 2.70 bits per heavy atom. The van der Waals surface area contributed by atoms with E-state index in [1.54, 1.807) is 0 Å². The van der Waals surface area contributed by atoms with Crippen LogP contribution in [0.4, 0.5) is 4.79 Å². The molecule has 0 aromatic carbocycles. The lowest BCUT2D eigenvalue weighted by atomic mass is 10.2. The Morgan fingerprint density at radius 1 is 2.00 bits per heavy atom. The van der Waals surface area contributed by atoms with Crippen LogP contribution in [0.3, 0.4) is 0 Å². The summed E-state index contributed by atoms with van der Waals surface area (Å²) in [5, 5.41) is 11.5. The fraction of sp³-hybridized carbons (Fsp3) is 0.500. The van der Waals surface area contributed by atoms with Crippen LogP contribution in [0.1, 0.15) is 0 Å². The van der Waals surface area contributed by atoms with Gasteiger partial charge in [0.1, 0.15) is 6.61 Å². The van der Waals surface area contributed by atoms with Gasteiger partial charge in [0.15, 0.2) is 0 Å². The summed E-state index contributed by atoms with van der Waals surface area (Å²) in [6.07, 6.45) is 0.164. The molecule has 1 aliphatic heterocycles. The average Bonchev–Trinajstić information content (AvgIpc) is 2.34. The number of nitrogens with one attached hydrogen (secondary N) is 1. The Morgan fingerprint density at radius 3 is 3.10 bits per heavy atom. The predicted molar refractivity (Wildman–Crippen MR) is 34.5 cm³/mol. The Labute approximate surface area is 58.5 Å². The molecule has 0 aliphatic carbocycles. The molecule has 0 aromatic rings. The van der Waals surface area contributed by atoms with Gasteiger partial charge in [-0.2, -0.15) is 0 Å². The molecule has 1 saturated heterocycles. The second-order valence-electron chi connectivity index (χ2n) is 2.08. The van der Waals surface area contributed by atoms with Crippen molar-refractivity contribution in [2.45, 2.75) is 12.1 Å². The molecular formula is C6H9NO3. The molecule has 0 aromatic heterocycles. The fourth-order valence-corrected chi connectivity index (χ4v) is 0.748. The quantitative estimate of drug-likeness (QED) is 0.519. The molecule has 0 spiro atoms. The predicted octanol–water partition coefficient (Wildman–Crippen LogP) is -0.358. The largest absolute Gasteiger partial charge is 0.447 e. The van der Waals surface area contributed by atoms with Gasteiger partial charge in [-0.3, -0.25) is 0 Å². The van der Waals surface area contributed by atoms with Gasteiger partial charge in [-0.05, 0) is 0 Å². The van der Waals surface area contributed by atoms with Crippen LogP contribution in [0.5, 0.6) is 0 Å². The molecule has 56 valence electrons. The van der Waals surface area contributed by atoms with Crippen molar-refractivity contribution in [1.82, 2.24) is 5.32 Å². The molecular weight excluding hydrogens is 134 g/mol. The topological polar surface area (TPSA) is 58.6 Å². The van der Waals surface area contributed by atoms with Crippen LogP contribution < -0.4 is 5.32 Å². The van der Waals surface area contributed by atoms with E-state index in [1.807, 2.05) is 0 Å². The monoisotopic (exact) mass is 143 g/mol. The number of aliphatic hydroxyl groups excluding tert-OH is 1. The summed E-state index contributed by atoms with van der Waals surface area (Å²) in [5.74, 6) is 0. The lowest BCUT2D eigenvalue weighted by Crippen LogP contribution is -2.36. The standard InChI is InChI=1S/C6H9NO3/c1-2-5(8)4-3-10-6(9)7-4/h2,4-5,8H,1,3H2,(H,7,9). The van der Waals surface area contributed by atoms with Gasteiger partial charge in [0.25, 0.3) is 0 Å². The number of carbonyl (C=O) groups is 1. The van der Waals surface area contributed by atoms with E-state index in [1.165, 1.54) is 6.08 Å². The number of alkyl carbamates (subject to hydrolysis) is 1. The van der Waals surface area contributed by atoms with E-state index < -0.39 is 12.2 Å². The highest BCUT2D eigenvalue weighted by Crippen LogP contribution is 2.02. The molecule has 4 heteroatoms. The summed E-state index contributed by atoms with van der Waals surface area (Å²) in [6.45, 7) is 3.59. The maximum absolute atomic E-state index is 10.4. The van der Waals surface area contributed by atoms with Crippen molar-refractivity contribution < 1.29 is 14.6 Å². The van der Waals surface area contributed by atoms with E-state index in [9.17, 15) is 4.79 Å². The highest BCUT2D eigenvalue weighted by atomic mass is 16.6. The molecule has 1 fully saturated rings. The van der Waals surface area contributed by atoms with E-state index in [0.717, 1.165) is 0 Å². The van der Waals surface area contributed by atoms with E-state index in [2.05, 4.69) is 16.6 Å². The van der Waals surface area contributed by atoms with Crippen LogP contribution in [-0.2, 0) is 4.74 Å². The smallest absolute Gasteiger partial charge is 0.407 e. The van der Waals surface area contributed by atoms with Crippen molar-refractivity contribution in [3.8, 4) is 0 Å². The van der Waals surface area contributed by atoms with E-state index in [-0.39, 0.29) is 12.6 Å². The fourth-order valence-electron chi connectivity index (χ4n) is 0.748. The molecule has 2 unspecified atom stereocenters. The van der Waals surface area contributed by atoms with Crippen molar-refractivity contribution in [2.75, 3.05) is 6.61 Å². The number of rotatable bonds is 2. The van der Waals surface area contributed by atoms with Crippen molar-refractivity contribution in [1.29, 1.82) is 0 Å². The van der Waals surface area contributed by atoms with Gasteiger partial charge in [0.2, 0.25) is 0 Å². The second-order valence-corrected chi connectivity index (χ2v) is 2.08. The molecule has 1 rings (SSSR count). The van der Waals surface area contributed by atoms with Gasteiger partial charge in [-0.15, -0.1) is 6.58 Å². The SMILES string of the molecule is C=CC(O)C1COC(=O)N1. The Kier molecular flexibility index (Phi) is 1.91. The molecule has 0 saturated carbocycles. The number of cyclic esters (lactones) is 1. The highest BCUT2D eigenvalue weighted by molar-refractivity contribution is 5.69. The first-order valence-corrected chi connectivity index (χ1v) is 2.98. The van der Waals surface area contributed by atoms with Crippen LogP contribution in [0.25, 0.3) is 0 Å². The summed E-state index contributed by atoms with van der Waals surface area (Å²) in [5.41, 5.74) is 0. The van der Waals surface area contributed by atoms with Gasteiger partial charge in [0, 0.05) is 0 Å². The van der Waals surface area contributed by atoms with E-state index in [4.69, 9.17) is 5.11 Å². The highest BCUT2D eigenvalue weighted by Gasteiger charge is 2.26. The van der Waals surface area contributed by atoms with Gasteiger partial charge in [-0.1, -0.05) is 6.08 Å². The molecule has 2 atom stereocenters. The molecule has 1 aliphatic rings. The number of ether oxygens (including phenoxy) is 1. The third kappa shape index (κ3) is 1.27. The van der Waals surface area contributed by atoms with Gasteiger partial charge < -0.3 is 15.2 Å². The van der Waals surface area contributed by atoms with Crippen molar-refractivity contribution in [3.05, 3.63) is 12.7 Å². The van der Waals surface area contributed by atoms with Crippen LogP contribution in [0.2, 0.25) is 0 Å². The minimum Gasteiger partial charge on any atom is -0.447 e. The molecule has 0 radical (unpaired) electrons. The molecule has 4 nitrogen and oxygen atoms in total. The number of hydrogen-bond acceptors (Lipinski definition) is 3. The van der Waals surface area contributed by atoms with Crippen molar-refractivity contribution in [3.63, 3.8) is 0 Å². The maximum atomic E-state index is 10.4. The number of hydrogen-bond donors (Lipinski definition) is 2. The van der Waals surface area contributed by atoms with Gasteiger partial charge >= 0.3 is 6.09 Å². The van der Waals surface area contributed by atoms with E-state index >= 15 is 0 Å². The van der Waals surface area contributed by atoms with Crippen LogP contribution >= 0.6 is 0 Å². The Bertz CT molecular complexity index is 157. The molecule has 2 N–H and O–H groups in total. The molecule has 0 bridgehead atoms. The first-order chi connectivity index (χ1) is 4.74. The molecule has 10 heavy (non-hydrogen) atoms. The summed E-state index contributed by atoms with van der Waals surface area (Å²) < 4.78 is 4.53. The summed E-state index contributed by atoms with van der Waals surface area (Å²) in [6, 6.07) is -0.329. The Hall–Kier alpha value is -1.03. The van der Waals surface area contributed by atoms with E-state index in [0.29, 0.717) is 0 Å². The minimum atomic E-state index is -0.716. The van der Waals surface area contributed by atoms with Gasteiger partial charge in [-0.25, -0.2) is 4.79 Å². The van der Waals surface area contributed by atoms with Gasteiger partial charge in [0.05, 0.1) is 12.1 Å². The lowest BCUT2D eigenvalue weighted by Gasteiger charge is -2.09. The third-order valence-corrected chi connectivity index (χ3v) is 1.35. The zero-order valence-corrected chi connectivity index (χ0v) is 5.41. The third-order valence-electron chi connectivity index (χ3n) is 1.35. The molecule has 1 amide bonds. The number of carbonyl (C=O) groups excluding carboxylic acids is 1.